The largest absolute Gasteiger partial charge is 0.494 e. The minimum atomic E-state index is -0.148. The van der Waals surface area contributed by atoms with Gasteiger partial charge in [-0.15, -0.1) is 0 Å². The van der Waals surface area contributed by atoms with Crippen molar-refractivity contribution in [3.8, 4) is 5.75 Å². The van der Waals surface area contributed by atoms with Crippen LogP contribution in [0.25, 0.3) is 11.7 Å². The van der Waals surface area contributed by atoms with Crippen LogP contribution in [0.4, 0.5) is 0 Å². The maximum absolute atomic E-state index is 12.0. The van der Waals surface area contributed by atoms with E-state index in [0.717, 1.165) is 34.6 Å². The van der Waals surface area contributed by atoms with Crippen molar-refractivity contribution in [2.75, 3.05) is 6.61 Å². The second kappa shape index (κ2) is 8.34. The van der Waals surface area contributed by atoms with Crippen LogP contribution in [0.5, 0.6) is 5.75 Å². The molecule has 0 saturated carbocycles. The van der Waals surface area contributed by atoms with Crippen molar-refractivity contribution in [2.45, 2.75) is 26.8 Å². The summed E-state index contributed by atoms with van der Waals surface area (Å²) in [7, 11) is 0. The molecule has 1 N–H and O–H groups in total. The number of pyridine rings is 1. The first-order valence-electron chi connectivity index (χ1n) is 8.77. The van der Waals surface area contributed by atoms with Crippen LogP contribution >= 0.6 is 0 Å². The minimum Gasteiger partial charge on any atom is -0.494 e. The van der Waals surface area contributed by atoms with Crippen molar-refractivity contribution in [3.05, 3.63) is 71.7 Å². The van der Waals surface area contributed by atoms with Gasteiger partial charge in [0.15, 0.2) is 0 Å². The summed E-state index contributed by atoms with van der Waals surface area (Å²) in [6.45, 7) is 5.20. The molecule has 5 heteroatoms. The number of amides is 1. The van der Waals surface area contributed by atoms with Crippen LogP contribution in [0.15, 0.2) is 54.9 Å². The third-order valence-electron chi connectivity index (χ3n) is 3.95. The Labute approximate surface area is 153 Å². The molecule has 134 valence electrons. The van der Waals surface area contributed by atoms with Crippen LogP contribution in [0.3, 0.4) is 0 Å². The lowest BCUT2D eigenvalue weighted by atomic mass is 10.2. The Hall–Kier alpha value is -3.08. The van der Waals surface area contributed by atoms with E-state index >= 15 is 0 Å². The van der Waals surface area contributed by atoms with Crippen LogP contribution in [0.1, 0.15) is 30.2 Å². The third kappa shape index (κ3) is 4.51. The fourth-order valence-electron chi connectivity index (χ4n) is 2.59. The Morgan fingerprint density at radius 2 is 2.08 bits per heavy atom. The molecule has 0 aliphatic heterocycles. The van der Waals surface area contributed by atoms with E-state index in [0.29, 0.717) is 13.2 Å². The topological polar surface area (TPSA) is 55.6 Å². The Bertz CT molecular complexity index is 911. The third-order valence-corrected chi connectivity index (χ3v) is 3.95. The van der Waals surface area contributed by atoms with E-state index in [4.69, 9.17) is 4.74 Å². The number of aromatic nitrogens is 2. The van der Waals surface area contributed by atoms with Gasteiger partial charge in [0.2, 0.25) is 5.91 Å². The van der Waals surface area contributed by atoms with Gasteiger partial charge in [0.05, 0.1) is 18.8 Å². The van der Waals surface area contributed by atoms with E-state index < -0.39 is 0 Å². The van der Waals surface area contributed by atoms with Crippen molar-refractivity contribution in [1.82, 2.24) is 14.7 Å². The summed E-state index contributed by atoms with van der Waals surface area (Å²) in [6, 6.07) is 11.7. The number of carbonyl (C=O) groups excluding carboxylic acids is 1. The average molecular weight is 349 g/mol. The van der Waals surface area contributed by atoms with Crippen LogP contribution in [0.2, 0.25) is 0 Å². The highest BCUT2D eigenvalue weighted by Gasteiger charge is 2.04. The molecule has 3 rings (SSSR count). The number of fused-ring (bicyclic) bond motifs is 1. The average Bonchev–Trinajstić information content (AvgIpc) is 3.08. The molecule has 1 amide bonds. The summed E-state index contributed by atoms with van der Waals surface area (Å²) >= 11 is 0. The number of hydrogen-bond donors (Lipinski definition) is 1. The molecule has 3 aromatic rings. The Kier molecular flexibility index (Phi) is 5.69. The fraction of sp³-hybridized carbons (Fsp3) is 0.238. The molecule has 0 saturated heterocycles. The lowest BCUT2D eigenvalue weighted by molar-refractivity contribution is -0.116. The number of nitrogens with zero attached hydrogens (tertiary/aromatic N) is 2. The van der Waals surface area contributed by atoms with Crippen LogP contribution in [-0.2, 0) is 11.3 Å². The van der Waals surface area contributed by atoms with Crippen LogP contribution in [0, 0.1) is 6.92 Å². The van der Waals surface area contributed by atoms with E-state index in [1.54, 1.807) is 6.08 Å². The van der Waals surface area contributed by atoms with Gasteiger partial charge in [-0.25, -0.2) is 4.98 Å². The van der Waals surface area contributed by atoms with E-state index in [2.05, 4.69) is 17.2 Å². The van der Waals surface area contributed by atoms with E-state index in [9.17, 15) is 4.79 Å². The van der Waals surface area contributed by atoms with Gasteiger partial charge in [-0.1, -0.05) is 25.1 Å². The molecule has 0 radical (unpaired) electrons. The lowest BCUT2D eigenvalue weighted by Gasteiger charge is -2.04. The normalized spacial score (nSPS) is 11.2. The first-order chi connectivity index (χ1) is 12.7. The predicted octanol–water partition coefficient (Wildman–Crippen LogP) is 3.76. The quantitative estimate of drug-likeness (QED) is 0.661. The Morgan fingerprint density at radius 3 is 2.81 bits per heavy atom. The Balaban J connectivity index is 1.54. The van der Waals surface area contributed by atoms with Gasteiger partial charge < -0.3 is 14.5 Å². The Morgan fingerprint density at radius 1 is 1.27 bits per heavy atom. The number of ether oxygens (including phenoxy) is 1. The SMILES string of the molecule is CCCOc1ccc(/C=C/C(=O)NCc2cn3cccc(C)c3n2)cc1. The molecule has 0 spiro atoms. The first kappa shape index (κ1) is 17.7. The molecule has 0 aliphatic rings. The fourth-order valence-corrected chi connectivity index (χ4v) is 2.59. The highest BCUT2D eigenvalue weighted by molar-refractivity contribution is 5.91. The van der Waals surface area contributed by atoms with Gasteiger partial charge in [0, 0.05) is 18.5 Å². The standard InChI is InChI=1S/C21H23N3O2/c1-3-13-26-19-9-6-17(7-10-19)8-11-20(25)22-14-18-15-24-12-4-5-16(2)21(24)23-18/h4-12,15H,3,13-14H2,1-2H3,(H,22,25)/b11-8+. The smallest absolute Gasteiger partial charge is 0.244 e. The van der Waals surface area contributed by atoms with Gasteiger partial charge in [-0.2, -0.15) is 0 Å². The number of aryl methyl sites for hydroxylation is 1. The highest BCUT2D eigenvalue weighted by Crippen LogP contribution is 2.13. The number of benzene rings is 1. The van der Waals surface area contributed by atoms with Crippen LogP contribution < -0.4 is 10.1 Å². The zero-order valence-corrected chi connectivity index (χ0v) is 15.1. The highest BCUT2D eigenvalue weighted by atomic mass is 16.5. The van der Waals surface area contributed by atoms with Gasteiger partial charge in [-0.3, -0.25) is 4.79 Å². The molecule has 0 unspecified atom stereocenters. The second-order valence-electron chi connectivity index (χ2n) is 6.12. The lowest BCUT2D eigenvalue weighted by Crippen LogP contribution is -2.20. The number of nitrogens with one attached hydrogen (secondary N) is 1. The summed E-state index contributed by atoms with van der Waals surface area (Å²) in [4.78, 5) is 16.6. The molecule has 2 heterocycles. The summed E-state index contributed by atoms with van der Waals surface area (Å²) in [5.41, 5.74) is 3.81. The number of carbonyl (C=O) groups is 1. The molecule has 0 bridgehead atoms. The molecule has 2 aromatic heterocycles. The summed E-state index contributed by atoms with van der Waals surface area (Å²) in [5.74, 6) is 0.695. The maximum atomic E-state index is 12.0. The number of rotatable bonds is 7. The van der Waals surface area contributed by atoms with Gasteiger partial charge in [0.25, 0.3) is 0 Å². The van der Waals surface area contributed by atoms with Crippen molar-refractivity contribution in [3.63, 3.8) is 0 Å². The summed E-state index contributed by atoms with van der Waals surface area (Å²) in [6.07, 6.45) is 8.18. The van der Waals surface area contributed by atoms with Gasteiger partial charge >= 0.3 is 0 Å². The van der Waals surface area contributed by atoms with Crippen LogP contribution in [-0.4, -0.2) is 21.9 Å². The first-order valence-corrected chi connectivity index (χ1v) is 8.77. The summed E-state index contributed by atoms with van der Waals surface area (Å²) < 4.78 is 7.51. The molecule has 0 fully saturated rings. The molecule has 1 aromatic carbocycles. The number of imidazole rings is 1. The number of hydrogen-bond acceptors (Lipinski definition) is 3. The molecule has 5 nitrogen and oxygen atoms in total. The van der Waals surface area contributed by atoms with Crippen molar-refractivity contribution in [2.24, 2.45) is 0 Å². The van der Waals surface area contributed by atoms with E-state index in [1.165, 1.54) is 6.08 Å². The molecule has 26 heavy (non-hydrogen) atoms. The van der Waals surface area contributed by atoms with Gasteiger partial charge in [-0.05, 0) is 48.7 Å². The van der Waals surface area contributed by atoms with Crippen molar-refractivity contribution >= 4 is 17.6 Å². The van der Waals surface area contributed by atoms with E-state index in [-0.39, 0.29) is 5.91 Å². The molecular formula is C21H23N3O2. The predicted molar refractivity (Wildman–Crippen MR) is 103 cm³/mol. The van der Waals surface area contributed by atoms with Gasteiger partial charge in [0.1, 0.15) is 11.4 Å². The van der Waals surface area contributed by atoms with Crippen molar-refractivity contribution < 1.29 is 9.53 Å². The molecule has 0 atom stereocenters. The minimum absolute atomic E-state index is 0.148. The monoisotopic (exact) mass is 349 g/mol. The summed E-state index contributed by atoms with van der Waals surface area (Å²) in [5, 5.41) is 2.86. The van der Waals surface area contributed by atoms with E-state index in [1.807, 2.05) is 60.1 Å². The second-order valence-corrected chi connectivity index (χ2v) is 6.12. The zero-order chi connectivity index (χ0) is 18.4. The molecular weight excluding hydrogens is 326 g/mol. The molecule has 0 aliphatic carbocycles. The maximum Gasteiger partial charge on any atom is 0.244 e. The zero-order valence-electron chi connectivity index (χ0n) is 15.1. The van der Waals surface area contributed by atoms with Crippen molar-refractivity contribution in [1.29, 1.82) is 0 Å².